The van der Waals surface area contributed by atoms with E-state index in [1.165, 1.54) is 13.3 Å². The predicted molar refractivity (Wildman–Crippen MR) is 99.5 cm³/mol. The molecule has 0 aliphatic carbocycles. The number of nitrogens with one attached hydrogen (secondary N) is 2. The van der Waals surface area contributed by atoms with Crippen LogP contribution in [-0.4, -0.2) is 31.7 Å². The molecule has 0 spiro atoms. The van der Waals surface area contributed by atoms with Crippen molar-refractivity contribution in [1.29, 1.82) is 0 Å². The largest absolute Gasteiger partial charge is 0.497 e. The summed E-state index contributed by atoms with van der Waals surface area (Å²) in [5.74, 6) is -0.441. The van der Waals surface area contributed by atoms with Gasteiger partial charge in [-0.05, 0) is 42.0 Å². The zero-order chi connectivity index (χ0) is 18.8. The number of carbonyl (C=O) groups is 2. The summed E-state index contributed by atoms with van der Waals surface area (Å²) in [4.78, 5) is 23.6. The maximum atomic E-state index is 11.8. The molecule has 0 saturated carbocycles. The van der Waals surface area contributed by atoms with E-state index >= 15 is 0 Å². The molecule has 0 aliphatic heterocycles. The highest BCUT2D eigenvalue weighted by Gasteiger charge is 2.13. The van der Waals surface area contributed by atoms with E-state index in [9.17, 15) is 9.59 Å². The van der Waals surface area contributed by atoms with Gasteiger partial charge in [0.15, 0.2) is 0 Å². The molecule has 7 heteroatoms. The molecule has 7 nitrogen and oxygen atoms in total. The number of benzene rings is 2. The minimum absolute atomic E-state index is 0.423. The molecule has 0 heterocycles. The molecule has 2 amide bonds. The fraction of sp³-hybridized carbons (Fsp3) is 0.105. The average Bonchev–Trinajstić information content (AvgIpc) is 2.67. The van der Waals surface area contributed by atoms with Crippen LogP contribution in [0.1, 0.15) is 5.56 Å². The second-order valence-electron chi connectivity index (χ2n) is 5.05. The Balaban J connectivity index is 1.85. The standard InChI is InChI=1S/C19H19N3O4/c1-3-11-26-16-9-7-14(8-10-16)13-20-22-19(24)18(23)21-15-5-4-6-17(12-15)25-2/h3-10,12-13H,1,11H2,2H3,(H,21,23)(H,22,24). The molecule has 0 fully saturated rings. The summed E-state index contributed by atoms with van der Waals surface area (Å²) in [6.45, 7) is 4.00. The number of amides is 2. The lowest BCUT2D eigenvalue weighted by Crippen LogP contribution is -2.32. The Morgan fingerprint density at radius 1 is 1.12 bits per heavy atom. The lowest BCUT2D eigenvalue weighted by molar-refractivity contribution is -0.136. The summed E-state index contributed by atoms with van der Waals surface area (Å²) in [5, 5.41) is 6.23. The number of carbonyl (C=O) groups excluding carboxylic acids is 2. The van der Waals surface area contributed by atoms with Crippen LogP contribution in [0, 0.1) is 0 Å². The van der Waals surface area contributed by atoms with Gasteiger partial charge in [-0.1, -0.05) is 18.7 Å². The highest BCUT2D eigenvalue weighted by atomic mass is 16.5. The van der Waals surface area contributed by atoms with Crippen LogP contribution in [0.3, 0.4) is 0 Å². The van der Waals surface area contributed by atoms with Gasteiger partial charge in [-0.2, -0.15) is 5.10 Å². The normalized spacial score (nSPS) is 10.2. The molecule has 134 valence electrons. The van der Waals surface area contributed by atoms with Crippen molar-refractivity contribution in [2.75, 3.05) is 19.0 Å². The monoisotopic (exact) mass is 353 g/mol. The number of ether oxygens (including phenoxy) is 2. The van der Waals surface area contributed by atoms with E-state index in [2.05, 4.69) is 22.4 Å². The van der Waals surface area contributed by atoms with E-state index < -0.39 is 11.8 Å². The summed E-state index contributed by atoms with van der Waals surface area (Å²) in [6, 6.07) is 13.7. The van der Waals surface area contributed by atoms with E-state index in [1.54, 1.807) is 54.6 Å². The Hall–Kier alpha value is -3.61. The maximum Gasteiger partial charge on any atom is 0.329 e. The number of anilines is 1. The van der Waals surface area contributed by atoms with Crippen molar-refractivity contribution in [1.82, 2.24) is 5.43 Å². The van der Waals surface area contributed by atoms with Crippen molar-refractivity contribution in [3.05, 3.63) is 66.7 Å². The quantitative estimate of drug-likeness (QED) is 0.346. The van der Waals surface area contributed by atoms with Gasteiger partial charge in [-0.15, -0.1) is 0 Å². The van der Waals surface area contributed by atoms with Crippen molar-refractivity contribution in [2.45, 2.75) is 0 Å². The van der Waals surface area contributed by atoms with E-state index in [1.807, 2.05) is 0 Å². The van der Waals surface area contributed by atoms with Gasteiger partial charge >= 0.3 is 11.8 Å². The van der Waals surface area contributed by atoms with Crippen LogP contribution in [0.4, 0.5) is 5.69 Å². The molecule has 26 heavy (non-hydrogen) atoms. The topological polar surface area (TPSA) is 89.0 Å². The molecule has 0 aliphatic rings. The van der Waals surface area contributed by atoms with Gasteiger partial charge in [-0.25, -0.2) is 5.43 Å². The summed E-state index contributed by atoms with van der Waals surface area (Å²) in [7, 11) is 1.51. The van der Waals surface area contributed by atoms with Crippen molar-refractivity contribution in [3.8, 4) is 11.5 Å². The van der Waals surface area contributed by atoms with Crippen LogP contribution >= 0.6 is 0 Å². The molecule has 0 unspecified atom stereocenters. The molecule has 0 atom stereocenters. The Morgan fingerprint density at radius 3 is 2.58 bits per heavy atom. The number of hydrazone groups is 1. The van der Waals surface area contributed by atoms with Gasteiger partial charge < -0.3 is 14.8 Å². The third-order valence-corrected chi connectivity index (χ3v) is 3.16. The summed E-state index contributed by atoms with van der Waals surface area (Å²) < 4.78 is 10.4. The van der Waals surface area contributed by atoms with E-state index in [0.717, 1.165) is 5.56 Å². The van der Waals surface area contributed by atoms with Crippen molar-refractivity contribution in [3.63, 3.8) is 0 Å². The van der Waals surface area contributed by atoms with Crippen molar-refractivity contribution in [2.24, 2.45) is 5.10 Å². The van der Waals surface area contributed by atoms with Gasteiger partial charge in [0.05, 0.1) is 13.3 Å². The van der Waals surface area contributed by atoms with Crippen LogP contribution < -0.4 is 20.2 Å². The van der Waals surface area contributed by atoms with Crippen LogP contribution in [0.2, 0.25) is 0 Å². The lowest BCUT2D eigenvalue weighted by atomic mass is 10.2. The summed E-state index contributed by atoms with van der Waals surface area (Å²) >= 11 is 0. The summed E-state index contributed by atoms with van der Waals surface area (Å²) in [6.07, 6.45) is 3.08. The molecule has 0 radical (unpaired) electrons. The molecule has 2 aromatic carbocycles. The van der Waals surface area contributed by atoms with Gasteiger partial charge in [0.2, 0.25) is 0 Å². The number of rotatable bonds is 7. The van der Waals surface area contributed by atoms with E-state index in [-0.39, 0.29) is 0 Å². The minimum Gasteiger partial charge on any atom is -0.497 e. The second-order valence-corrected chi connectivity index (χ2v) is 5.05. The molecular formula is C19H19N3O4. The first-order valence-electron chi connectivity index (χ1n) is 7.74. The Labute approximate surface area is 151 Å². The van der Waals surface area contributed by atoms with Gasteiger partial charge in [-0.3, -0.25) is 9.59 Å². The predicted octanol–water partition coefficient (Wildman–Crippen LogP) is 2.35. The summed E-state index contributed by atoms with van der Waals surface area (Å²) in [5.41, 5.74) is 3.36. The third kappa shape index (κ3) is 5.79. The molecule has 2 aromatic rings. The highest BCUT2D eigenvalue weighted by molar-refractivity contribution is 6.39. The molecule has 2 rings (SSSR count). The van der Waals surface area contributed by atoms with E-state index in [0.29, 0.717) is 23.8 Å². The molecule has 0 bridgehead atoms. The molecule has 2 N–H and O–H groups in total. The van der Waals surface area contributed by atoms with Crippen LogP contribution in [0.25, 0.3) is 0 Å². The van der Waals surface area contributed by atoms with Crippen molar-refractivity contribution < 1.29 is 19.1 Å². The molecule has 0 aromatic heterocycles. The van der Waals surface area contributed by atoms with Crippen molar-refractivity contribution >= 4 is 23.7 Å². The Bertz CT molecular complexity index is 801. The molecular weight excluding hydrogens is 334 g/mol. The van der Waals surface area contributed by atoms with E-state index in [4.69, 9.17) is 9.47 Å². The number of hydrogen-bond donors (Lipinski definition) is 2. The SMILES string of the molecule is C=CCOc1ccc(C=NNC(=O)C(=O)Nc2cccc(OC)c2)cc1. The lowest BCUT2D eigenvalue weighted by Gasteiger charge is -2.06. The first-order valence-corrected chi connectivity index (χ1v) is 7.74. The van der Waals surface area contributed by atoms with Gasteiger partial charge in [0.1, 0.15) is 18.1 Å². The average molecular weight is 353 g/mol. The zero-order valence-corrected chi connectivity index (χ0v) is 14.3. The smallest absolute Gasteiger partial charge is 0.329 e. The van der Waals surface area contributed by atoms with Crippen LogP contribution in [-0.2, 0) is 9.59 Å². The fourth-order valence-corrected chi connectivity index (χ4v) is 1.91. The maximum absolute atomic E-state index is 11.8. The number of nitrogens with zero attached hydrogens (tertiary/aromatic N) is 1. The third-order valence-electron chi connectivity index (χ3n) is 3.16. The highest BCUT2D eigenvalue weighted by Crippen LogP contribution is 2.16. The number of methoxy groups -OCH3 is 1. The Kier molecular flexibility index (Phi) is 6.93. The zero-order valence-electron chi connectivity index (χ0n) is 14.3. The Morgan fingerprint density at radius 2 is 1.88 bits per heavy atom. The van der Waals surface area contributed by atoms with Gasteiger partial charge in [0, 0.05) is 11.8 Å². The first-order chi connectivity index (χ1) is 12.6. The van der Waals surface area contributed by atoms with Crippen LogP contribution in [0.15, 0.2) is 66.3 Å². The fourth-order valence-electron chi connectivity index (χ4n) is 1.91. The second kappa shape index (κ2) is 9.63. The first kappa shape index (κ1) is 18.7. The van der Waals surface area contributed by atoms with Gasteiger partial charge in [0.25, 0.3) is 0 Å². The number of hydrogen-bond acceptors (Lipinski definition) is 5. The van der Waals surface area contributed by atoms with Crippen LogP contribution in [0.5, 0.6) is 11.5 Å². The minimum atomic E-state index is -0.880. The molecule has 0 saturated heterocycles.